The summed E-state index contributed by atoms with van der Waals surface area (Å²) in [6.07, 6.45) is 5.65. The minimum Gasteiger partial charge on any atom is -0.480 e. The van der Waals surface area contributed by atoms with Crippen LogP contribution in [0.15, 0.2) is 48.8 Å². The van der Waals surface area contributed by atoms with E-state index in [4.69, 9.17) is 0 Å². The highest BCUT2D eigenvalue weighted by Crippen LogP contribution is 2.39. The largest absolute Gasteiger partial charge is 0.480 e. The highest BCUT2D eigenvalue weighted by atomic mass is 16.4. The van der Waals surface area contributed by atoms with Gasteiger partial charge in [0.15, 0.2) is 0 Å². The summed E-state index contributed by atoms with van der Waals surface area (Å²) in [4.78, 5) is 23.8. The Morgan fingerprint density at radius 2 is 1.83 bits per heavy atom. The third kappa shape index (κ3) is 3.28. The summed E-state index contributed by atoms with van der Waals surface area (Å²) in [6, 6.07) is 11.2. The number of carbonyl (C=O) groups excluding carboxylic acids is 1. The van der Waals surface area contributed by atoms with Crippen LogP contribution in [0.5, 0.6) is 0 Å². The maximum Gasteiger partial charge on any atom is 0.329 e. The van der Waals surface area contributed by atoms with Crippen molar-refractivity contribution in [3.63, 3.8) is 0 Å². The lowest BCUT2D eigenvalue weighted by Crippen LogP contribution is -2.54. The molecule has 2 N–H and O–H groups in total. The van der Waals surface area contributed by atoms with Crippen molar-refractivity contribution in [1.29, 1.82) is 0 Å². The molecule has 1 aliphatic carbocycles. The third-order valence-corrected chi connectivity index (χ3v) is 4.46. The van der Waals surface area contributed by atoms with Crippen LogP contribution in [0.1, 0.15) is 35.7 Å². The molecule has 0 radical (unpaired) electrons. The number of aliphatic carboxylic acids is 1. The highest BCUT2D eigenvalue weighted by molar-refractivity contribution is 5.98. The molecule has 1 aromatic heterocycles. The molecule has 120 valence electrons. The molecule has 1 fully saturated rings. The Bertz CT molecular complexity index is 702. The maximum absolute atomic E-state index is 12.3. The van der Waals surface area contributed by atoms with Gasteiger partial charge in [-0.25, -0.2) is 4.79 Å². The summed E-state index contributed by atoms with van der Waals surface area (Å²) < 4.78 is 2.05. The average Bonchev–Trinajstić information content (AvgIpc) is 3.27. The first-order valence-electron chi connectivity index (χ1n) is 7.74. The van der Waals surface area contributed by atoms with Crippen LogP contribution < -0.4 is 5.32 Å². The van der Waals surface area contributed by atoms with Crippen molar-refractivity contribution >= 4 is 11.9 Å². The van der Waals surface area contributed by atoms with Gasteiger partial charge in [0.05, 0.1) is 0 Å². The van der Waals surface area contributed by atoms with Crippen LogP contribution >= 0.6 is 0 Å². The number of rotatable bonds is 6. The second kappa shape index (κ2) is 5.91. The molecule has 1 amide bonds. The lowest BCUT2D eigenvalue weighted by molar-refractivity contribution is -0.144. The summed E-state index contributed by atoms with van der Waals surface area (Å²) in [5.41, 5.74) is 0.385. The molecule has 1 aliphatic rings. The van der Waals surface area contributed by atoms with Crippen LogP contribution in [0.25, 0.3) is 0 Å². The monoisotopic (exact) mass is 312 g/mol. The SMILES string of the molecule is C[C@@](NC(=O)c1ccc(Cn2cccc2)cc1)(C(=O)O)C1CC1. The quantitative estimate of drug-likeness (QED) is 0.861. The first-order chi connectivity index (χ1) is 11.0. The van der Waals surface area contributed by atoms with E-state index in [1.165, 1.54) is 0 Å². The summed E-state index contributed by atoms with van der Waals surface area (Å²) in [5, 5.41) is 12.1. The van der Waals surface area contributed by atoms with E-state index in [1.807, 2.05) is 41.2 Å². The first kappa shape index (κ1) is 15.3. The molecule has 1 aromatic carbocycles. The molecule has 1 heterocycles. The Morgan fingerprint density at radius 3 is 2.35 bits per heavy atom. The first-order valence-corrected chi connectivity index (χ1v) is 7.74. The van der Waals surface area contributed by atoms with Crippen LogP contribution in [0.3, 0.4) is 0 Å². The molecule has 0 unspecified atom stereocenters. The van der Waals surface area contributed by atoms with Crippen LogP contribution in [0.4, 0.5) is 0 Å². The topological polar surface area (TPSA) is 71.3 Å². The zero-order valence-corrected chi connectivity index (χ0v) is 13.0. The van der Waals surface area contributed by atoms with Gasteiger partial charge in [-0.2, -0.15) is 0 Å². The molecule has 0 spiro atoms. The minimum atomic E-state index is -1.18. The molecule has 3 rings (SSSR count). The Labute approximate surface area is 134 Å². The van der Waals surface area contributed by atoms with Gasteiger partial charge in [-0.15, -0.1) is 0 Å². The fourth-order valence-corrected chi connectivity index (χ4v) is 2.75. The average molecular weight is 312 g/mol. The summed E-state index contributed by atoms with van der Waals surface area (Å²) in [7, 11) is 0. The van der Waals surface area contributed by atoms with Crippen molar-refractivity contribution < 1.29 is 14.7 Å². The van der Waals surface area contributed by atoms with Crippen molar-refractivity contribution in [2.75, 3.05) is 0 Å². The number of benzene rings is 1. The molecule has 0 bridgehead atoms. The second-order valence-electron chi connectivity index (χ2n) is 6.29. The van der Waals surface area contributed by atoms with Crippen LogP contribution in [0, 0.1) is 5.92 Å². The Hall–Kier alpha value is -2.56. The van der Waals surface area contributed by atoms with E-state index < -0.39 is 11.5 Å². The number of amides is 1. The molecule has 0 saturated heterocycles. The predicted molar refractivity (Wildman–Crippen MR) is 86.2 cm³/mol. The van der Waals surface area contributed by atoms with Gasteiger partial charge in [0.25, 0.3) is 5.91 Å². The third-order valence-electron chi connectivity index (χ3n) is 4.46. The van der Waals surface area contributed by atoms with Crippen molar-refractivity contribution in [1.82, 2.24) is 9.88 Å². The van der Waals surface area contributed by atoms with E-state index in [9.17, 15) is 14.7 Å². The lowest BCUT2D eigenvalue weighted by Gasteiger charge is -2.26. The lowest BCUT2D eigenvalue weighted by atomic mass is 9.95. The zero-order valence-electron chi connectivity index (χ0n) is 13.0. The molecule has 1 saturated carbocycles. The number of aromatic nitrogens is 1. The molecule has 23 heavy (non-hydrogen) atoms. The van der Waals surface area contributed by atoms with E-state index in [-0.39, 0.29) is 11.8 Å². The van der Waals surface area contributed by atoms with E-state index in [0.717, 1.165) is 24.9 Å². The van der Waals surface area contributed by atoms with E-state index in [2.05, 4.69) is 5.32 Å². The number of carboxylic acid groups (broad SMARTS) is 1. The maximum atomic E-state index is 12.3. The molecular formula is C18H20N2O3. The Balaban J connectivity index is 1.69. The molecule has 0 aliphatic heterocycles. The minimum absolute atomic E-state index is 0.0250. The molecule has 2 aromatic rings. The number of nitrogens with one attached hydrogen (secondary N) is 1. The summed E-state index contributed by atoms with van der Waals surface area (Å²) >= 11 is 0. The van der Waals surface area contributed by atoms with Gasteiger partial charge in [0.2, 0.25) is 0 Å². The number of nitrogens with zero attached hydrogens (tertiary/aromatic N) is 1. The van der Waals surface area contributed by atoms with Gasteiger partial charge in [0, 0.05) is 24.5 Å². The van der Waals surface area contributed by atoms with Crippen LogP contribution in [0.2, 0.25) is 0 Å². The Morgan fingerprint density at radius 1 is 1.22 bits per heavy atom. The number of carboxylic acids is 1. The smallest absolute Gasteiger partial charge is 0.329 e. The van der Waals surface area contributed by atoms with E-state index in [0.29, 0.717) is 5.56 Å². The standard InChI is InChI=1S/C18H20N2O3/c1-18(17(22)23,15-8-9-15)19-16(21)14-6-4-13(5-7-14)12-20-10-2-3-11-20/h2-7,10-11,15H,8-9,12H2,1H3,(H,19,21)(H,22,23)/t18-/m0/s1. The van der Waals surface area contributed by atoms with Crippen molar-refractivity contribution in [3.05, 3.63) is 59.9 Å². The number of hydrogen-bond acceptors (Lipinski definition) is 2. The Kier molecular flexibility index (Phi) is 3.94. The van der Waals surface area contributed by atoms with Gasteiger partial charge in [-0.05, 0) is 55.5 Å². The van der Waals surface area contributed by atoms with Gasteiger partial charge in [-0.1, -0.05) is 12.1 Å². The van der Waals surface area contributed by atoms with Gasteiger partial charge in [0.1, 0.15) is 5.54 Å². The fraction of sp³-hybridized carbons (Fsp3) is 0.333. The van der Waals surface area contributed by atoms with Crippen molar-refractivity contribution in [2.45, 2.75) is 31.8 Å². The predicted octanol–water partition coefficient (Wildman–Crippen LogP) is 2.52. The van der Waals surface area contributed by atoms with Gasteiger partial charge < -0.3 is 15.0 Å². The van der Waals surface area contributed by atoms with Crippen LogP contribution in [-0.2, 0) is 11.3 Å². The molecule has 5 nitrogen and oxygen atoms in total. The van der Waals surface area contributed by atoms with Gasteiger partial charge >= 0.3 is 5.97 Å². The van der Waals surface area contributed by atoms with Gasteiger partial charge in [-0.3, -0.25) is 4.79 Å². The van der Waals surface area contributed by atoms with E-state index >= 15 is 0 Å². The number of hydrogen-bond donors (Lipinski definition) is 2. The molecule has 1 atom stereocenters. The highest BCUT2D eigenvalue weighted by Gasteiger charge is 2.48. The molecular weight excluding hydrogens is 292 g/mol. The normalized spacial score (nSPS) is 16.6. The second-order valence-corrected chi connectivity index (χ2v) is 6.29. The van der Waals surface area contributed by atoms with Crippen molar-refractivity contribution in [3.8, 4) is 0 Å². The number of carbonyl (C=O) groups is 2. The fourth-order valence-electron chi connectivity index (χ4n) is 2.75. The summed E-state index contributed by atoms with van der Waals surface area (Å²) in [6.45, 7) is 2.33. The molecule has 5 heteroatoms. The summed E-state index contributed by atoms with van der Waals surface area (Å²) in [5.74, 6) is -1.29. The van der Waals surface area contributed by atoms with Crippen LogP contribution in [-0.4, -0.2) is 27.1 Å². The zero-order chi connectivity index (χ0) is 16.4. The van der Waals surface area contributed by atoms with E-state index in [1.54, 1.807) is 19.1 Å². The van der Waals surface area contributed by atoms with Crippen molar-refractivity contribution in [2.24, 2.45) is 5.92 Å².